The Kier molecular flexibility index (Phi) is 6.86. The Morgan fingerprint density at radius 1 is 1.20 bits per heavy atom. The summed E-state index contributed by atoms with van der Waals surface area (Å²) < 4.78 is 5.27. The van der Waals surface area contributed by atoms with Crippen molar-refractivity contribution in [3.05, 3.63) is 59.2 Å². The lowest BCUT2D eigenvalue weighted by Gasteiger charge is -2.39. The number of carbonyl (C=O) groups excluding carboxylic acids is 3. The molecule has 0 radical (unpaired) electrons. The van der Waals surface area contributed by atoms with Gasteiger partial charge in [-0.15, -0.1) is 0 Å². The average Bonchev–Trinajstić information content (AvgIpc) is 3.14. The molecule has 2 aliphatic heterocycles. The van der Waals surface area contributed by atoms with Crippen LogP contribution < -0.4 is 11.2 Å². The van der Waals surface area contributed by atoms with Crippen LogP contribution in [0.15, 0.2) is 42.5 Å². The number of carbonyl (C=O) groups is 4. The molecule has 2 heterocycles. The highest BCUT2D eigenvalue weighted by atomic mass is 16.5. The van der Waals surface area contributed by atoms with Gasteiger partial charge in [-0.2, -0.15) is 0 Å². The first kappa shape index (κ1) is 24.4. The third-order valence-electron chi connectivity index (χ3n) is 6.67. The van der Waals surface area contributed by atoms with Crippen molar-refractivity contribution >= 4 is 24.2 Å². The van der Waals surface area contributed by atoms with Crippen molar-refractivity contribution in [2.75, 3.05) is 20.3 Å². The highest BCUT2D eigenvalue weighted by Gasteiger charge is 2.45. The van der Waals surface area contributed by atoms with Crippen LogP contribution in [0.25, 0.3) is 11.1 Å². The van der Waals surface area contributed by atoms with E-state index in [9.17, 15) is 24.3 Å². The first-order chi connectivity index (χ1) is 16.7. The van der Waals surface area contributed by atoms with Crippen molar-refractivity contribution in [2.24, 2.45) is 5.84 Å². The van der Waals surface area contributed by atoms with E-state index in [1.165, 1.54) is 0 Å². The zero-order chi connectivity index (χ0) is 25.2. The zero-order valence-electron chi connectivity index (χ0n) is 19.4. The molecule has 0 bridgehead atoms. The number of aldehydes is 1. The van der Waals surface area contributed by atoms with Gasteiger partial charge in [0.25, 0.3) is 11.8 Å². The van der Waals surface area contributed by atoms with Gasteiger partial charge in [-0.25, -0.2) is 10.6 Å². The number of nitrogens with two attached hydrogens (primary N) is 1. The van der Waals surface area contributed by atoms with Crippen molar-refractivity contribution in [3.63, 3.8) is 0 Å². The van der Waals surface area contributed by atoms with Gasteiger partial charge in [0, 0.05) is 51.6 Å². The lowest BCUT2D eigenvalue weighted by Crippen LogP contribution is -2.65. The second-order valence-corrected chi connectivity index (χ2v) is 8.97. The first-order valence-corrected chi connectivity index (χ1v) is 11.3. The molecule has 10 heteroatoms. The summed E-state index contributed by atoms with van der Waals surface area (Å²) in [5.41, 5.74) is 2.99. The van der Waals surface area contributed by atoms with E-state index in [1.54, 1.807) is 11.9 Å². The Hall–Kier alpha value is -3.76. The van der Waals surface area contributed by atoms with Crippen molar-refractivity contribution in [3.8, 4) is 11.1 Å². The van der Waals surface area contributed by atoms with E-state index < -0.39 is 23.6 Å². The van der Waals surface area contributed by atoms with Crippen LogP contribution >= 0.6 is 0 Å². The van der Waals surface area contributed by atoms with Crippen molar-refractivity contribution < 1.29 is 29.0 Å². The molecular weight excluding hydrogens is 452 g/mol. The summed E-state index contributed by atoms with van der Waals surface area (Å²) in [5, 5.41) is 12.4. The fourth-order valence-electron chi connectivity index (χ4n) is 4.65. The molecule has 1 unspecified atom stereocenters. The summed E-state index contributed by atoms with van der Waals surface area (Å²) in [7, 11) is 1.77. The van der Waals surface area contributed by atoms with Gasteiger partial charge in [-0.1, -0.05) is 30.3 Å². The number of rotatable bonds is 7. The molecule has 4 N–H and O–H groups in total. The number of carboxylic acid groups (broad SMARTS) is 1. The quantitative estimate of drug-likeness (QED) is 0.236. The second-order valence-electron chi connectivity index (χ2n) is 8.97. The topological polar surface area (TPSA) is 142 Å². The van der Waals surface area contributed by atoms with E-state index in [4.69, 9.17) is 10.6 Å². The number of fused-ring (bicyclic) bond motifs is 1. The Morgan fingerprint density at radius 2 is 1.86 bits per heavy atom. The van der Waals surface area contributed by atoms with Crippen LogP contribution in [-0.4, -0.2) is 71.1 Å². The maximum absolute atomic E-state index is 13.2. The molecule has 0 saturated carbocycles. The Balaban J connectivity index is 1.48. The Labute approximate surface area is 202 Å². The minimum absolute atomic E-state index is 0.0174. The van der Waals surface area contributed by atoms with Gasteiger partial charge in [-0.05, 0) is 34.4 Å². The molecule has 2 aliphatic rings. The lowest BCUT2D eigenvalue weighted by atomic mass is 9.88. The molecule has 2 aromatic rings. The molecule has 3 amide bonds. The number of hydrogen-bond donors (Lipinski definition) is 3. The third-order valence-corrected chi connectivity index (χ3v) is 6.67. The lowest BCUT2D eigenvalue weighted by molar-refractivity contribution is -0.146. The summed E-state index contributed by atoms with van der Waals surface area (Å²) in [5.74, 6) is 5.41. The molecule has 1 fully saturated rings. The molecule has 0 aliphatic carbocycles. The molecule has 1 atom stereocenters. The molecule has 0 aromatic heterocycles. The fourth-order valence-corrected chi connectivity index (χ4v) is 4.65. The number of nitrogens with one attached hydrogen (secondary N) is 1. The Bertz CT molecular complexity index is 1140. The van der Waals surface area contributed by atoms with Crippen LogP contribution in [0, 0.1) is 0 Å². The van der Waals surface area contributed by atoms with Gasteiger partial charge >= 0.3 is 6.09 Å². The summed E-state index contributed by atoms with van der Waals surface area (Å²) in [6, 6.07) is 12.3. The van der Waals surface area contributed by atoms with Gasteiger partial charge in [0.1, 0.15) is 17.9 Å². The predicted octanol–water partition coefficient (Wildman–Crippen LogP) is 1.57. The number of amides is 3. The first-order valence-electron chi connectivity index (χ1n) is 11.3. The summed E-state index contributed by atoms with van der Waals surface area (Å²) in [6.07, 6.45) is -0.305. The largest absolute Gasteiger partial charge is 0.465 e. The number of benzene rings is 2. The second kappa shape index (κ2) is 9.85. The van der Waals surface area contributed by atoms with E-state index in [0.717, 1.165) is 27.3 Å². The SMILES string of the molecule is CN1Cc2cc(-c3ccc(CC(C=O)N(N)C(=O)C4(NC(=O)O)CCOCC4)cc3)ccc2C1=O. The summed E-state index contributed by atoms with van der Waals surface area (Å²) in [4.78, 5) is 50.1. The van der Waals surface area contributed by atoms with Crippen LogP contribution in [0.5, 0.6) is 0 Å². The van der Waals surface area contributed by atoms with Crippen LogP contribution in [0.1, 0.15) is 34.3 Å². The Morgan fingerprint density at radius 3 is 2.49 bits per heavy atom. The molecule has 2 aromatic carbocycles. The van der Waals surface area contributed by atoms with Crippen LogP contribution in [0.3, 0.4) is 0 Å². The smallest absolute Gasteiger partial charge is 0.405 e. The van der Waals surface area contributed by atoms with E-state index in [-0.39, 0.29) is 38.4 Å². The number of ether oxygens (including phenoxy) is 1. The summed E-state index contributed by atoms with van der Waals surface area (Å²) >= 11 is 0. The average molecular weight is 481 g/mol. The van der Waals surface area contributed by atoms with Crippen molar-refractivity contribution in [1.82, 2.24) is 15.2 Å². The molecule has 0 spiro atoms. The molecule has 35 heavy (non-hydrogen) atoms. The van der Waals surface area contributed by atoms with Gasteiger partial charge in [0.2, 0.25) is 0 Å². The van der Waals surface area contributed by atoms with Gasteiger partial charge in [-0.3, -0.25) is 14.6 Å². The van der Waals surface area contributed by atoms with Crippen molar-refractivity contribution in [1.29, 1.82) is 0 Å². The normalized spacial score (nSPS) is 17.4. The van der Waals surface area contributed by atoms with Gasteiger partial charge < -0.3 is 24.9 Å². The van der Waals surface area contributed by atoms with E-state index in [0.29, 0.717) is 18.4 Å². The zero-order valence-corrected chi connectivity index (χ0v) is 19.4. The number of hydrogen-bond acceptors (Lipinski definition) is 6. The van der Waals surface area contributed by atoms with E-state index in [1.807, 2.05) is 42.5 Å². The minimum atomic E-state index is -1.42. The molecule has 1 saturated heterocycles. The van der Waals surface area contributed by atoms with Crippen LogP contribution in [0.4, 0.5) is 4.79 Å². The minimum Gasteiger partial charge on any atom is -0.465 e. The highest BCUT2D eigenvalue weighted by Crippen LogP contribution is 2.28. The van der Waals surface area contributed by atoms with E-state index in [2.05, 4.69) is 5.32 Å². The predicted molar refractivity (Wildman–Crippen MR) is 126 cm³/mol. The number of hydrazine groups is 1. The highest BCUT2D eigenvalue weighted by molar-refractivity contribution is 5.98. The van der Waals surface area contributed by atoms with Crippen molar-refractivity contribution in [2.45, 2.75) is 37.4 Å². The maximum atomic E-state index is 13.2. The summed E-state index contributed by atoms with van der Waals surface area (Å²) in [6.45, 7) is 0.992. The van der Waals surface area contributed by atoms with Gasteiger partial charge in [0.05, 0.1) is 0 Å². The molecule has 4 rings (SSSR count). The third kappa shape index (κ3) is 4.89. The van der Waals surface area contributed by atoms with E-state index >= 15 is 0 Å². The maximum Gasteiger partial charge on any atom is 0.405 e. The molecule has 184 valence electrons. The standard InChI is InChI=1S/C25H28N4O6/c1-28-14-19-13-18(6-7-21(19)22(28)31)17-4-2-16(3-5-17)12-20(15-30)29(26)23(32)25(27-24(33)34)8-10-35-11-9-25/h2-7,13,15,20,27H,8-12,14,26H2,1H3,(H,33,34). The molecule has 10 nitrogen and oxygen atoms in total. The van der Waals surface area contributed by atoms with Crippen LogP contribution in [0.2, 0.25) is 0 Å². The molecular formula is C25H28N4O6. The van der Waals surface area contributed by atoms with Gasteiger partial charge in [0.15, 0.2) is 0 Å². The monoisotopic (exact) mass is 480 g/mol. The number of nitrogens with zero attached hydrogens (tertiary/aromatic N) is 2. The fraction of sp³-hybridized carbons (Fsp3) is 0.360. The van der Waals surface area contributed by atoms with Crippen LogP contribution in [-0.2, 0) is 27.3 Å².